The number of carbonyl (C=O) groups excluding carboxylic acids is 1. The van der Waals surface area contributed by atoms with Crippen LogP contribution in [0.2, 0.25) is 0 Å². The third-order valence-electron chi connectivity index (χ3n) is 5.82. The lowest BCUT2D eigenvalue weighted by molar-refractivity contribution is -0.137. The molecule has 11 nitrogen and oxygen atoms in total. The number of anilines is 3. The Hall–Kier alpha value is -4.02. The summed E-state index contributed by atoms with van der Waals surface area (Å²) >= 11 is 0. The highest BCUT2D eigenvalue weighted by Crippen LogP contribution is 2.35. The van der Waals surface area contributed by atoms with Crippen molar-refractivity contribution in [3.63, 3.8) is 0 Å². The number of ether oxygens (including phenoxy) is 2. The van der Waals surface area contributed by atoms with E-state index in [0.717, 1.165) is 11.6 Å². The molecule has 1 aliphatic heterocycles. The maximum Gasteiger partial charge on any atom is 0.421 e. The second kappa shape index (κ2) is 13.8. The molecule has 1 aliphatic rings. The van der Waals surface area contributed by atoms with Gasteiger partial charge in [0.2, 0.25) is 5.95 Å². The first-order valence-corrected chi connectivity index (χ1v) is 13.9. The Bertz CT molecular complexity index is 1500. The molecule has 3 aromatic rings. The van der Waals surface area contributed by atoms with Gasteiger partial charge in [-0.2, -0.15) is 26.6 Å². The van der Waals surface area contributed by atoms with Crippen LogP contribution in [-0.4, -0.2) is 73.7 Å². The number of hydrogen-bond acceptors (Lipinski definition) is 9. The van der Waals surface area contributed by atoms with Gasteiger partial charge in [-0.05, 0) is 32.0 Å². The van der Waals surface area contributed by atoms with Gasteiger partial charge in [0.25, 0.3) is 16.0 Å². The average molecular weight is 616 g/mol. The van der Waals surface area contributed by atoms with Crippen LogP contribution in [0.5, 0.6) is 5.75 Å². The maximum atomic E-state index is 14.7. The SMILES string of the molecule is CCNc1nc(Nc2cc(F)c(C(=O)N3CCOCC3)cc2OC)ncc1C(F)(F)F.Cc1ccc(S(=O)(=O)O)cc1. The lowest BCUT2D eigenvalue weighted by atomic mass is 10.1. The predicted octanol–water partition coefficient (Wildman–Crippen LogP) is 4.53. The Labute approximate surface area is 239 Å². The average Bonchev–Trinajstić information content (AvgIpc) is 2.93. The van der Waals surface area contributed by atoms with Crippen molar-refractivity contribution in [1.29, 1.82) is 0 Å². The lowest BCUT2D eigenvalue weighted by Crippen LogP contribution is -2.41. The van der Waals surface area contributed by atoms with E-state index in [4.69, 9.17) is 14.0 Å². The molecule has 0 atom stereocenters. The number of benzene rings is 2. The molecule has 16 heteroatoms. The number of carbonyl (C=O) groups is 1. The molecule has 2 aromatic carbocycles. The molecule has 228 valence electrons. The Balaban J connectivity index is 0.000000369. The summed E-state index contributed by atoms with van der Waals surface area (Å²) in [7, 11) is -2.70. The van der Waals surface area contributed by atoms with Gasteiger partial charge in [0.1, 0.15) is 22.9 Å². The van der Waals surface area contributed by atoms with Crippen LogP contribution >= 0.6 is 0 Å². The summed E-state index contributed by atoms with van der Waals surface area (Å²) in [6, 6.07) is 8.23. The number of alkyl halides is 3. The summed E-state index contributed by atoms with van der Waals surface area (Å²) < 4.78 is 94.1. The van der Waals surface area contributed by atoms with E-state index in [0.29, 0.717) is 32.5 Å². The van der Waals surface area contributed by atoms with Crippen molar-refractivity contribution in [3.8, 4) is 5.75 Å². The number of halogens is 4. The Morgan fingerprint density at radius 3 is 2.36 bits per heavy atom. The first-order valence-electron chi connectivity index (χ1n) is 12.5. The molecule has 0 radical (unpaired) electrons. The quantitative estimate of drug-likeness (QED) is 0.256. The van der Waals surface area contributed by atoms with Gasteiger partial charge in [0, 0.05) is 31.9 Å². The largest absolute Gasteiger partial charge is 0.495 e. The molecule has 3 N–H and O–H groups in total. The first kappa shape index (κ1) is 32.5. The lowest BCUT2D eigenvalue weighted by Gasteiger charge is -2.27. The fraction of sp³-hybridized carbons (Fsp3) is 0.346. The zero-order valence-corrected chi connectivity index (χ0v) is 23.6. The van der Waals surface area contributed by atoms with Gasteiger partial charge in [0.15, 0.2) is 0 Å². The van der Waals surface area contributed by atoms with Crippen molar-refractivity contribution in [3.05, 3.63) is 65.1 Å². The van der Waals surface area contributed by atoms with Crippen molar-refractivity contribution < 1.29 is 44.8 Å². The molecule has 0 bridgehead atoms. The van der Waals surface area contributed by atoms with Gasteiger partial charge < -0.3 is 25.0 Å². The van der Waals surface area contributed by atoms with E-state index in [9.17, 15) is 30.8 Å². The van der Waals surface area contributed by atoms with Crippen LogP contribution in [0.25, 0.3) is 0 Å². The predicted molar refractivity (Wildman–Crippen MR) is 145 cm³/mol. The number of aryl methyl sites for hydroxylation is 1. The van der Waals surface area contributed by atoms with Crippen molar-refractivity contribution in [2.24, 2.45) is 0 Å². The van der Waals surface area contributed by atoms with E-state index in [1.165, 1.54) is 30.2 Å². The fourth-order valence-corrected chi connectivity index (χ4v) is 4.18. The minimum Gasteiger partial charge on any atom is -0.495 e. The summed E-state index contributed by atoms with van der Waals surface area (Å²) in [5.74, 6) is -1.84. The molecule has 0 aliphatic carbocycles. The molecule has 1 saturated heterocycles. The van der Waals surface area contributed by atoms with E-state index in [2.05, 4.69) is 20.6 Å². The third kappa shape index (κ3) is 8.50. The monoisotopic (exact) mass is 615 g/mol. The Morgan fingerprint density at radius 1 is 1.17 bits per heavy atom. The number of amides is 1. The molecule has 1 aromatic heterocycles. The molecule has 1 fully saturated rings. The number of nitrogens with zero attached hydrogens (tertiary/aromatic N) is 3. The van der Waals surface area contributed by atoms with E-state index < -0.39 is 39.4 Å². The van der Waals surface area contributed by atoms with Crippen molar-refractivity contribution in [2.75, 3.05) is 50.6 Å². The zero-order chi connectivity index (χ0) is 31.1. The number of rotatable bonds is 7. The Kier molecular flexibility index (Phi) is 10.6. The van der Waals surface area contributed by atoms with E-state index in [1.807, 2.05) is 6.92 Å². The highest BCUT2D eigenvalue weighted by Gasteiger charge is 2.35. The highest BCUT2D eigenvalue weighted by atomic mass is 32.2. The topological polar surface area (TPSA) is 143 Å². The van der Waals surface area contributed by atoms with Crippen LogP contribution in [0, 0.1) is 12.7 Å². The van der Waals surface area contributed by atoms with E-state index >= 15 is 0 Å². The van der Waals surface area contributed by atoms with Crippen LogP contribution in [0.3, 0.4) is 0 Å². The van der Waals surface area contributed by atoms with Gasteiger partial charge in [-0.3, -0.25) is 9.35 Å². The van der Waals surface area contributed by atoms with Gasteiger partial charge in [-0.25, -0.2) is 9.37 Å². The molecule has 1 amide bonds. The van der Waals surface area contributed by atoms with Gasteiger partial charge in [-0.15, -0.1) is 0 Å². The summed E-state index contributed by atoms with van der Waals surface area (Å²) in [4.78, 5) is 21.5. The molecule has 0 saturated carbocycles. The van der Waals surface area contributed by atoms with Gasteiger partial charge in [-0.1, -0.05) is 17.7 Å². The van der Waals surface area contributed by atoms with Crippen molar-refractivity contribution in [1.82, 2.24) is 14.9 Å². The zero-order valence-electron chi connectivity index (χ0n) is 22.8. The fourth-order valence-electron chi connectivity index (χ4n) is 3.70. The summed E-state index contributed by atoms with van der Waals surface area (Å²) in [6.07, 6.45) is -4.01. The molecule has 2 heterocycles. The second-order valence-corrected chi connectivity index (χ2v) is 10.3. The van der Waals surface area contributed by atoms with Crippen LogP contribution in [0.4, 0.5) is 35.0 Å². The third-order valence-corrected chi connectivity index (χ3v) is 6.69. The molecule has 42 heavy (non-hydrogen) atoms. The maximum absolute atomic E-state index is 14.7. The molecule has 4 rings (SSSR count). The van der Waals surface area contributed by atoms with Gasteiger partial charge >= 0.3 is 6.18 Å². The van der Waals surface area contributed by atoms with E-state index in [-0.39, 0.29) is 34.4 Å². The van der Waals surface area contributed by atoms with Crippen LogP contribution in [-0.2, 0) is 21.0 Å². The van der Waals surface area contributed by atoms with Crippen molar-refractivity contribution >= 4 is 33.5 Å². The summed E-state index contributed by atoms with van der Waals surface area (Å²) in [5, 5.41) is 5.18. The van der Waals surface area contributed by atoms with Gasteiger partial charge in [0.05, 0.1) is 36.5 Å². The Morgan fingerprint density at radius 2 is 1.81 bits per heavy atom. The normalized spacial score (nSPS) is 13.6. The minimum absolute atomic E-state index is 0.0562. The first-order chi connectivity index (χ1) is 19.7. The minimum atomic E-state index is -4.64. The highest BCUT2D eigenvalue weighted by molar-refractivity contribution is 7.85. The van der Waals surface area contributed by atoms with Crippen LogP contribution in [0.15, 0.2) is 47.5 Å². The van der Waals surface area contributed by atoms with Crippen molar-refractivity contribution in [2.45, 2.75) is 24.9 Å². The van der Waals surface area contributed by atoms with E-state index in [1.54, 1.807) is 19.1 Å². The number of aromatic nitrogens is 2. The molecular formula is C26H29F4N5O6S. The second-order valence-electron chi connectivity index (χ2n) is 8.83. The number of nitrogens with one attached hydrogen (secondary N) is 2. The summed E-state index contributed by atoms with van der Waals surface area (Å²) in [6.45, 7) is 5.08. The molecule has 0 spiro atoms. The number of methoxy groups -OCH3 is 1. The van der Waals surface area contributed by atoms with Crippen LogP contribution in [0.1, 0.15) is 28.4 Å². The van der Waals surface area contributed by atoms with Crippen LogP contribution < -0.4 is 15.4 Å². The number of hydrogen-bond donors (Lipinski definition) is 3. The standard InChI is InChI=1S/C19H21F4N5O3.C7H8O3S/c1-3-24-16-12(19(21,22)23)10-25-18(27-16)26-14-9-13(20)11(8-15(14)30-2)17(29)28-4-6-31-7-5-28;1-6-2-4-7(5-3-6)11(8,9)10/h8-10H,3-7H2,1-2H3,(H2,24,25,26,27);2-5H,1H3,(H,8,9,10). The smallest absolute Gasteiger partial charge is 0.421 e. The number of morpholine rings is 1. The molecular weight excluding hydrogens is 586 g/mol. The molecule has 0 unspecified atom stereocenters. The summed E-state index contributed by atoms with van der Waals surface area (Å²) in [5.41, 5.74) is -0.200.